The molecule has 1 fully saturated rings. The average Bonchev–Trinajstić information content (AvgIpc) is 2.35. The molecule has 0 unspecified atom stereocenters. The maximum absolute atomic E-state index is 5.93. The summed E-state index contributed by atoms with van der Waals surface area (Å²) in [5.41, 5.74) is 9.55. The summed E-state index contributed by atoms with van der Waals surface area (Å²) >= 11 is 0. The van der Waals surface area contributed by atoms with E-state index in [1.54, 1.807) is 0 Å². The Hall–Kier alpha value is -1.22. The fraction of sp³-hybridized carbons (Fsp3) is 0.600. The van der Waals surface area contributed by atoms with Crippen LogP contribution >= 0.6 is 0 Å². The number of piperidine rings is 1. The summed E-state index contributed by atoms with van der Waals surface area (Å²) in [7, 11) is 2.20. The molecule has 1 heterocycles. The van der Waals surface area contributed by atoms with Gasteiger partial charge in [0.2, 0.25) is 0 Å². The van der Waals surface area contributed by atoms with Gasteiger partial charge >= 0.3 is 0 Å². The molecule has 1 aromatic rings. The number of hydrogen-bond acceptors (Lipinski definition) is 3. The molecule has 0 aromatic heterocycles. The second-order valence-corrected chi connectivity index (χ2v) is 5.99. The van der Waals surface area contributed by atoms with E-state index in [-0.39, 0.29) is 0 Å². The monoisotopic (exact) mass is 247 g/mol. The highest BCUT2D eigenvalue weighted by molar-refractivity contribution is 5.62. The molecular formula is C15H25N3. The average molecular weight is 247 g/mol. The summed E-state index contributed by atoms with van der Waals surface area (Å²) in [6, 6.07) is 6.09. The normalized spacial score (nSPS) is 19.7. The van der Waals surface area contributed by atoms with Crippen LogP contribution in [-0.4, -0.2) is 31.6 Å². The standard InChI is InChI=1S/C15H25N3/c1-12-13(16)5-4-6-14(12)17-11-15(2)7-9-18(3)10-8-15/h4-6,17H,7-11,16H2,1-3H3. The van der Waals surface area contributed by atoms with Gasteiger partial charge in [0.1, 0.15) is 0 Å². The molecule has 0 spiro atoms. The molecule has 3 heteroatoms. The van der Waals surface area contributed by atoms with Crippen molar-refractivity contribution < 1.29 is 0 Å². The number of rotatable bonds is 3. The summed E-state index contributed by atoms with van der Waals surface area (Å²) in [5, 5.41) is 3.58. The van der Waals surface area contributed by atoms with Gasteiger partial charge in [-0.15, -0.1) is 0 Å². The Morgan fingerprint density at radius 1 is 1.33 bits per heavy atom. The molecule has 100 valence electrons. The van der Waals surface area contributed by atoms with Crippen molar-refractivity contribution in [1.82, 2.24) is 4.90 Å². The van der Waals surface area contributed by atoms with E-state index in [1.165, 1.54) is 31.6 Å². The van der Waals surface area contributed by atoms with Crippen LogP contribution in [0.2, 0.25) is 0 Å². The van der Waals surface area contributed by atoms with Crippen LogP contribution in [-0.2, 0) is 0 Å². The molecular weight excluding hydrogens is 222 g/mol. The van der Waals surface area contributed by atoms with E-state index in [0.717, 1.165) is 17.8 Å². The minimum Gasteiger partial charge on any atom is -0.398 e. The summed E-state index contributed by atoms with van der Waals surface area (Å²) < 4.78 is 0. The van der Waals surface area contributed by atoms with Crippen molar-refractivity contribution in [3.8, 4) is 0 Å². The van der Waals surface area contributed by atoms with Crippen LogP contribution in [0.3, 0.4) is 0 Å². The minimum absolute atomic E-state index is 0.406. The first-order valence-electron chi connectivity index (χ1n) is 6.78. The van der Waals surface area contributed by atoms with Crippen LogP contribution in [0.5, 0.6) is 0 Å². The van der Waals surface area contributed by atoms with Gasteiger partial charge in [-0.25, -0.2) is 0 Å². The molecule has 1 aromatic carbocycles. The highest BCUT2D eigenvalue weighted by Crippen LogP contribution is 2.31. The number of nitrogens with two attached hydrogens (primary N) is 1. The molecule has 0 saturated carbocycles. The van der Waals surface area contributed by atoms with Crippen LogP contribution in [0.4, 0.5) is 11.4 Å². The van der Waals surface area contributed by atoms with Crippen molar-refractivity contribution in [3.63, 3.8) is 0 Å². The van der Waals surface area contributed by atoms with Gasteiger partial charge < -0.3 is 16.0 Å². The van der Waals surface area contributed by atoms with Crippen LogP contribution in [0.15, 0.2) is 18.2 Å². The van der Waals surface area contributed by atoms with Crippen molar-refractivity contribution in [2.75, 3.05) is 37.7 Å². The van der Waals surface area contributed by atoms with E-state index in [4.69, 9.17) is 5.73 Å². The van der Waals surface area contributed by atoms with Gasteiger partial charge in [0.25, 0.3) is 0 Å². The fourth-order valence-corrected chi connectivity index (χ4v) is 2.49. The van der Waals surface area contributed by atoms with Crippen molar-refractivity contribution in [1.29, 1.82) is 0 Å². The van der Waals surface area contributed by atoms with E-state index in [2.05, 4.69) is 37.2 Å². The number of benzene rings is 1. The third-order valence-electron chi connectivity index (χ3n) is 4.28. The van der Waals surface area contributed by atoms with Crippen LogP contribution in [0.1, 0.15) is 25.3 Å². The van der Waals surface area contributed by atoms with Crippen LogP contribution in [0, 0.1) is 12.3 Å². The highest BCUT2D eigenvalue weighted by atomic mass is 15.1. The lowest BCUT2D eigenvalue weighted by Crippen LogP contribution is -2.40. The number of nitrogens with zero attached hydrogens (tertiary/aromatic N) is 1. The maximum atomic E-state index is 5.93. The Bertz CT molecular complexity index is 406. The van der Waals surface area contributed by atoms with Gasteiger partial charge in [-0.05, 0) is 63.0 Å². The molecule has 1 aliphatic heterocycles. The summed E-state index contributed by atoms with van der Waals surface area (Å²) in [6.07, 6.45) is 2.52. The predicted molar refractivity (Wildman–Crippen MR) is 78.9 cm³/mol. The Balaban J connectivity index is 1.97. The van der Waals surface area contributed by atoms with E-state index in [0.29, 0.717) is 5.41 Å². The first-order valence-corrected chi connectivity index (χ1v) is 6.78. The van der Waals surface area contributed by atoms with Crippen molar-refractivity contribution >= 4 is 11.4 Å². The zero-order chi connectivity index (χ0) is 13.2. The molecule has 1 aliphatic rings. The van der Waals surface area contributed by atoms with E-state index < -0.39 is 0 Å². The predicted octanol–water partition coefficient (Wildman–Crippen LogP) is 2.72. The summed E-state index contributed by atoms with van der Waals surface area (Å²) in [4.78, 5) is 2.41. The fourth-order valence-electron chi connectivity index (χ4n) is 2.49. The van der Waals surface area contributed by atoms with Gasteiger partial charge in [0.15, 0.2) is 0 Å². The molecule has 3 nitrogen and oxygen atoms in total. The lowest BCUT2D eigenvalue weighted by Gasteiger charge is -2.38. The Morgan fingerprint density at radius 2 is 2.00 bits per heavy atom. The first-order chi connectivity index (χ1) is 8.50. The minimum atomic E-state index is 0.406. The summed E-state index contributed by atoms with van der Waals surface area (Å²) in [6.45, 7) is 7.90. The van der Waals surface area contributed by atoms with Crippen LogP contribution < -0.4 is 11.1 Å². The lowest BCUT2D eigenvalue weighted by atomic mass is 9.80. The third kappa shape index (κ3) is 2.96. The van der Waals surface area contributed by atoms with Crippen molar-refractivity contribution in [2.24, 2.45) is 5.41 Å². The van der Waals surface area contributed by atoms with E-state index >= 15 is 0 Å². The topological polar surface area (TPSA) is 41.3 Å². The first kappa shape index (κ1) is 13.2. The quantitative estimate of drug-likeness (QED) is 0.807. The molecule has 18 heavy (non-hydrogen) atoms. The Kier molecular flexibility index (Phi) is 3.81. The molecule has 1 saturated heterocycles. The number of nitrogens with one attached hydrogen (secondary N) is 1. The number of nitrogen functional groups attached to an aromatic ring is 1. The van der Waals surface area contributed by atoms with Crippen molar-refractivity contribution in [3.05, 3.63) is 23.8 Å². The van der Waals surface area contributed by atoms with E-state index in [9.17, 15) is 0 Å². The van der Waals surface area contributed by atoms with Gasteiger partial charge in [-0.1, -0.05) is 13.0 Å². The molecule has 2 rings (SSSR count). The second-order valence-electron chi connectivity index (χ2n) is 5.99. The Morgan fingerprint density at radius 3 is 2.67 bits per heavy atom. The summed E-state index contributed by atoms with van der Waals surface area (Å²) in [5.74, 6) is 0. The molecule has 0 atom stereocenters. The van der Waals surface area contributed by atoms with Crippen molar-refractivity contribution in [2.45, 2.75) is 26.7 Å². The molecule has 0 aliphatic carbocycles. The van der Waals surface area contributed by atoms with Gasteiger partial charge in [-0.2, -0.15) is 0 Å². The van der Waals surface area contributed by atoms with E-state index in [1.807, 2.05) is 12.1 Å². The smallest absolute Gasteiger partial charge is 0.0390 e. The second kappa shape index (κ2) is 5.19. The largest absolute Gasteiger partial charge is 0.398 e. The Labute approximate surface area is 110 Å². The zero-order valence-electron chi connectivity index (χ0n) is 11.8. The molecule has 0 bridgehead atoms. The lowest BCUT2D eigenvalue weighted by molar-refractivity contribution is 0.150. The molecule has 3 N–H and O–H groups in total. The van der Waals surface area contributed by atoms with Crippen LogP contribution in [0.25, 0.3) is 0 Å². The highest BCUT2D eigenvalue weighted by Gasteiger charge is 2.28. The molecule has 0 radical (unpaired) electrons. The maximum Gasteiger partial charge on any atom is 0.0390 e. The number of hydrogen-bond donors (Lipinski definition) is 2. The molecule has 0 amide bonds. The zero-order valence-corrected chi connectivity index (χ0v) is 11.8. The number of anilines is 2. The van der Waals surface area contributed by atoms with Gasteiger partial charge in [0, 0.05) is 17.9 Å². The van der Waals surface area contributed by atoms with Gasteiger partial charge in [-0.3, -0.25) is 0 Å². The SMILES string of the molecule is Cc1c(N)cccc1NCC1(C)CCN(C)CC1. The number of likely N-dealkylation sites (tertiary alicyclic amines) is 1. The van der Waals surface area contributed by atoms with Gasteiger partial charge in [0.05, 0.1) is 0 Å². The third-order valence-corrected chi connectivity index (χ3v) is 4.28.